The largest absolute Gasteiger partial charge is 0.482 e. The zero-order chi connectivity index (χ0) is 20.7. The summed E-state index contributed by atoms with van der Waals surface area (Å²) in [5.74, 6) is -0.145. The summed E-state index contributed by atoms with van der Waals surface area (Å²) in [4.78, 5) is 26.9. The van der Waals surface area contributed by atoms with Crippen molar-refractivity contribution in [3.63, 3.8) is 0 Å². The molecule has 7 heteroatoms. The minimum Gasteiger partial charge on any atom is -0.482 e. The van der Waals surface area contributed by atoms with Gasteiger partial charge >= 0.3 is 0 Å². The standard InChI is InChI=1S/C21H24Cl2N2O3/c1-14(2)24-21(27)15(3)25(12-16-7-6-8-17(22)11-16)20(26)13-28-19-10-5-4-9-18(19)23/h4-11,14-15H,12-13H2,1-3H3,(H,24,27)/t15-/m0/s1. The van der Waals surface area contributed by atoms with Crippen molar-refractivity contribution in [2.75, 3.05) is 6.61 Å². The van der Waals surface area contributed by atoms with Crippen LogP contribution < -0.4 is 10.1 Å². The van der Waals surface area contributed by atoms with Gasteiger partial charge in [-0.1, -0.05) is 47.5 Å². The van der Waals surface area contributed by atoms with E-state index in [1.54, 1.807) is 49.4 Å². The van der Waals surface area contributed by atoms with Gasteiger partial charge in [0, 0.05) is 17.6 Å². The van der Waals surface area contributed by atoms with Crippen LogP contribution in [0.25, 0.3) is 0 Å². The Morgan fingerprint density at radius 1 is 1.07 bits per heavy atom. The van der Waals surface area contributed by atoms with Gasteiger partial charge in [-0.2, -0.15) is 0 Å². The van der Waals surface area contributed by atoms with Crippen LogP contribution in [0, 0.1) is 0 Å². The summed E-state index contributed by atoms with van der Waals surface area (Å²) in [6, 6.07) is 13.4. The number of nitrogens with zero attached hydrogens (tertiary/aromatic N) is 1. The van der Waals surface area contributed by atoms with Gasteiger partial charge in [0.2, 0.25) is 5.91 Å². The van der Waals surface area contributed by atoms with Gasteiger partial charge in [-0.25, -0.2) is 0 Å². The van der Waals surface area contributed by atoms with Gasteiger partial charge in [0.05, 0.1) is 5.02 Å². The molecule has 0 saturated carbocycles. The lowest BCUT2D eigenvalue weighted by molar-refractivity contribution is -0.142. The average Bonchev–Trinajstić information content (AvgIpc) is 2.64. The zero-order valence-corrected chi connectivity index (χ0v) is 17.6. The Labute approximate surface area is 175 Å². The molecule has 0 spiro atoms. The lowest BCUT2D eigenvalue weighted by atomic mass is 10.1. The molecular weight excluding hydrogens is 399 g/mol. The molecule has 150 valence electrons. The van der Waals surface area contributed by atoms with Crippen molar-refractivity contribution in [1.82, 2.24) is 10.2 Å². The number of ether oxygens (including phenoxy) is 1. The van der Waals surface area contributed by atoms with E-state index in [-0.39, 0.29) is 31.0 Å². The fourth-order valence-corrected chi connectivity index (χ4v) is 3.01. The van der Waals surface area contributed by atoms with Gasteiger partial charge in [-0.3, -0.25) is 9.59 Å². The van der Waals surface area contributed by atoms with Crippen LogP contribution in [0.4, 0.5) is 0 Å². The summed E-state index contributed by atoms with van der Waals surface area (Å²) in [5, 5.41) is 3.82. The number of nitrogens with one attached hydrogen (secondary N) is 1. The van der Waals surface area contributed by atoms with Crippen LogP contribution in [0.2, 0.25) is 10.0 Å². The summed E-state index contributed by atoms with van der Waals surface area (Å²) in [7, 11) is 0. The molecule has 0 aliphatic rings. The van der Waals surface area contributed by atoms with Crippen molar-refractivity contribution < 1.29 is 14.3 Å². The molecule has 1 atom stereocenters. The van der Waals surface area contributed by atoms with Crippen molar-refractivity contribution >= 4 is 35.0 Å². The van der Waals surface area contributed by atoms with Crippen LogP contribution in [0.15, 0.2) is 48.5 Å². The van der Waals surface area contributed by atoms with Gasteiger partial charge in [0.1, 0.15) is 11.8 Å². The second kappa shape index (κ2) is 10.3. The molecule has 0 saturated heterocycles. The Balaban J connectivity index is 2.17. The Hall–Kier alpha value is -2.24. The molecule has 0 unspecified atom stereocenters. The molecule has 28 heavy (non-hydrogen) atoms. The van der Waals surface area contributed by atoms with E-state index >= 15 is 0 Å². The highest BCUT2D eigenvalue weighted by Gasteiger charge is 2.27. The summed E-state index contributed by atoms with van der Waals surface area (Å²) in [5.41, 5.74) is 0.822. The predicted octanol–water partition coefficient (Wildman–Crippen LogP) is 4.31. The van der Waals surface area contributed by atoms with Crippen LogP contribution in [0.1, 0.15) is 26.3 Å². The van der Waals surface area contributed by atoms with Gasteiger partial charge in [-0.15, -0.1) is 0 Å². The molecule has 1 N–H and O–H groups in total. The number of benzene rings is 2. The summed E-state index contributed by atoms with van der Waals surface area (Å²) in [6.45, 7) is 5.43. The van der Waals surface area contributed by atoms with Crippen LogP contribution in [0.5, 0.6) is 5.75 Å². The summed E-state index contributed by atoms with van der Waals surface area (Å²) >= 11 is 12.1. The Morgan fingerprint density at radius 2 is 1.79 bits per heavy atom. The molecule has 0 fully saturated rings. The van der Waals surface area contributed by atoms with Crippen LogP contribution in [-0.4, -0.2) is 35.4 Å². The third-order valence-electron chi connectivity index (χ3n) is 4.03. The second-order valence-electron chi connectivity index (χ2n) is 6.71. The second-order valence-corrected chi connectivity index (χ2v) is 7.55. The third-order valence-corrected chi connectivity index (χ3v) is 4.58. The first-order valence-corrected chi connectivity index (χ1v) is 9.75. The van der Waals surface area contributed by atoms with E-state index in [2.05, 4.69) is 5.32 Å². The van der Waals surface area contributed by atoms with Crippen molar-refractivity contribution in [2.45, 2.75) is 39.4 Å². The first-order chi connectivity index (χ1) is 13.3. The molecular formula is C21H24Cl2N2O3. The SMILES string of the molecule is CC(C)NC(=O)[C@H](C)N(Cc1cccc(Cl)c1)C(=O)COc1ccccc1Cl. The smallest absolute Gasteiger partial charge is 0.261 e. The molecule has 5 nitrogen and oxygen atoms in total. The van der Waals surface area contributed by atoms with Crippen LogP contribution >= 0.6 is 23.2 Å². The predicted molar refractivity (Wildman–Crippen MR) is 112 cm³/mol. The normalized spacial score (nSPS) is 11.8. The lowest BCUT2D eigenvalue weighted by Gasteiger charge is -2.29. The third kappa shape index (κ3) is 6.43. The number of halogens is 2. The number of amides is 2. The molecule has 0 aliphatic heterocycles. The molecule has 2 amide bonds. The van der Waals surface area contributed by atoms with Crippen molar-refractivity contribution in [3.8, 4) is 5.75 Å². The number of rotatable bonds is 8. The number of hydrogen-bond acceptors (Lipinski definition) is 3. The quantitative estimate of drug-likeness (QED) is 0.688. The van der Waals surface area contributed by atoms with Gasteiger partial charge in [0.15, 0.2) is 6.61 Å². The van der Waals surface area contributed by atoms with Crippen LogP contribution in [-0.2, 0) is 16.1 Å². The van der Waals surface area contributed by atoms with E-state index in [1.165, 1.54) is 4.90 Å². The van der Waals surface area contributed by atoms with Gasteiger partial charge < -0.3 is 15.0 Å². The molecule has 0 aliphatic carbocycles. The van der Waals surface area contributed by atoms with E-state index in [0.717, 1.165) is 5.56 Å². The highest BCUT2D eigenvalue weighted by atomic mass is 35.5. The molecule has 2 aromatic carbocycles. The Bertz CT molecular complexity index is 827. The maximum Gasteiger partial charge on any atom is 0.261 e. The highest BCUT2D eigenvalue weighted by Crippen LogP contribution is 2.23. The maximum absolute atomic E-state index is 12.9. The molecule has 0 radical (unpaired) electrons. The molecule has 0 bridgehead atoms. The zero-order valence-electron chi connectivity index (χ0n) is 16.1. The number of carbonyl (C=O) groups is 2. The fraction of sp³-hybridized carbons (Fsp3) is 0.333. The Morgan fingerprint density at radius 3 is 2.43 bits per heavy atom. The monoisotopic (exact) mass is 422 g/mol. The first kappa shape index (κ1) is 22.1. The molecule has 0 heterocycles. The minimum atomic E-state index is -0.677. The van der Waals surface area contributed by atoms with Crippen molar-refractivity contribution in [1.29, 1.82) is 0 Å². The molecule has 0 aromatic heterocycles. The molecule has 2 rings (SSSR count). The number of hydrogen-bond donors (Lipinski definition) is 1. The van der Waals surface area contributed by atoms with E-state index in [4.69, 9.17) is 27.9 Å². The van der Waals surface area contributed by atoms with E-state index < -0.39 is 6.04 Å². The topological polar surface area (TPSA) is 58.6 Å². The number of carbonyl (C=O) groups excluding carboxylic acids is 2. The first-order valence-electron chi connectivity index (χ1n) is 8.99. The summed E-state index contributed by atoms with van der Waals surface area (Å²) in [6.07, 6.45) is 0. The van der Waals surface area contributed by atoms with E-state index in [1.807, 2.05) is 19.9 Å². The van der Waals surface area contributed by atoms with Gasteiger partial charge in [0.25, 0.3) is 5.91 Å². The number of para-hydroxylation sites is 1. The average molecular weight is 423 g/mol. The van der Waals surface area contributed by atoms with Crippen LogP contribution in [0.3, 0.4) is 0 Å². The van der Waals surface area contributed by atoms with Crippen molar-refractivity contribution in [3.05, 3.63) is 64.1 Å². The summed E-state index contributed by atoms with van der Waals surface area (Å²) < 4.78 is 5.57. The van der Waals surface area contributed by atoms with E-state index in [0.29, 0.717) is 15.8 Å². The maximum atomic E-state index is 12.9. The highest BCUT2D eigenvalue weighted by molar-refractivity contribution is 6.32. The molecule has 2 aromatic rings. The van der Waals surface area contributed by atoms with Crippen molar-refractivity contribution in [2.24, 2.45) is 0 Å². The van der Waals surface area contributed by atoms with Gasteiger partial charge in [-0.05, 0) is 50.6 Å². The van der Waals surface area contributed by atoms with E-state index in [9.17, 15) is 9.59 Å². The Kier molecular flexibility index (Phi) is 8.15. The minimum absolute atomic E-state index is 0.0301. The lowest BCUT2D eigenvalue weighted by Crippen LogP contribution is -2.50. The fourth-order valence-electron chi connectivity index (χ4n) is 2.60.